The van der Waals surface area contributed by atoms with Crippen LogP contribution < -0.4 is 30.7 Å². The van der Waals surface area contributed by atoms with Gasteiger partial charge in [0.1, 0.15) is 42.4 Å². The fourth-order valence-electron chi connectivity index (χ4n) is 9.84. The van der Waals surface area contributed by atoms with E-state index < -0.39 is 52.3 Å². The average Bonchev–Trinajstić information content (AvgIpc) is 3.94. The summed E-state index contributed by atoms with van der Waals surface area (Å²) in [6.07, 6.45) is 1.18. The van der Waals surface area contributed by atoms with Crippen molar-refractivity contribution >= 4 is 46.6 Å². The van der Waals surface area contributed by atoms with E-state index in [2.05, 4.69) is 60.0 Å². The maximum atomic E-state index is 14.2. The lowest BCUT2D eigenvalue weighted by Gasteiger charge is -2.63. The van der Waals surface area contributed by atoms with Crippen molar-refractivity contribution < 1.29 is 38.5 Å². The molecule has 3 aromatic carbocycles. The third-order valence-electron chi connectivity index (χ3n) is 13.3. The molecule has 1 aliphatic heterocycles. The van der Waals surface area contributed by atoms with Crippen molar-refractivity contribution in [2.24, 2.45) is 16.2 Å². The number of aromatic nitrogens is 1. The zero-order valence-corrected chi connectivity index (χ0v) is 43.3. The molecule has 6 rings (SSSR count). The second-order valence-electron chi connectivity index (χ2n) is 20.6. The molecule has 4 aromatic rings. The predicted octanol–water partition coefficient (Wildman–Crippen LogP) is 7.39. The number of hydrogen-bond acceptors (Lipinski definition) is 12. The van der Waals surface area contributed by atoms with Crippen molar-refractivity contribution in [3.05, 3.63) is 99.6 Å². The summed E-state index contributed by atoms with van der Waals surface area (Å²) in [5.41, 5.74) is 4.09. The largest absolute Gasteiger partial charge is 0.494 e. The Labute approximate surface area is 421 Å². The number of nitrogens with one attached hydrogen (secondary N) is 4. The summed E-state index contributed by atoms with van der Waals surface area (Å²) in [5, 5.41) is 32.6. The molecule has 1 saturated carbocycles. The van der Waals surface area contributed by atoms with Gasteiger partial charge in [-0.3, -0.25) is 19.2 Å². The van der Waals surface area contributed by atoms with Crippen molar-refractivity contribution in [3.8, 4) is 28.0 Å². The van der Waals surface area contributed by atoms with Crippen molar-refractivity contribution in [2.45, 2.75) is 117 Å². The van der Waals surface area contributed by atoms with Crippen LogP contribution in [0.4, 0.5) is 0 Å². The van der Waals surface area contributed by atoms with E-state index in [4.69, 9.17) is 25.8 Å². The van der Waals surface area contributed by atoms with E-state index >= 15 is 0 Å². The number of aliphatic hydroxyl groups is 1. The Hall–Kier alpha value is -5.57. The fraction of sp³-hybridized carbons (Fsp3) is 0.509. The van der Waals surface area contributed by atoms with Gasteiger partial charge in [0.15, 0.2) is 0 Å². The number of likely N-dealkylation sites (tertiary alicyclic amines) is 1. The molecule has 1 saturated heterocycles. The first-order chi connectivity index (χ1) is 33.1. The number of nitrogens with zero attached hydrogens (tertiary/aromatic N) is 3. The van der Waals surface area contributed by atoms with Crippen molar-refractivity contribution in [3.63, 3.8) is 0 Å². The molecule has 2 fully saturated rings. The number of aliphatic hydroxyl groups excluding tert-OH is 1. The lowest BCUT2D eigenvalue weighted by molar-refractivity contribution is -0.164. The van der Waals surface area contributed by atoms with Crippen molar-refractivity contribution in [1.82, 2.24) is 31.2 Å². The van der Waals surface area contributed by atoms with Gasteiger partial charge >= 0.3 is 0 Å². The second-order valence-corrected chi connectivity index (χ2v) is 21.8. The number of hydrogen-bond donors (Lipinski definition) is 5. The number of likely N-dealkylation sites (N-methyl/N-ethyl adjacent to an activating group) is 1. The number of thiazole rings is 1. The van der Waals surface area contributed by atoms with Gasteiger partial charge in [-0.25, -0.2) is 4.98 Å². The SMILES string of the molecule is CNC[C@@H](NC(=O)[C@@H]1C[C@@H](O)CN1C(=O)C(NC(=O)COCCCCCOc1ccc(C(=O)N[C@H]2C(C)(C)[C@H](Oc3ccc(C#N)c(Cl)c3)C2(C)C)cc1)C(C)(C)C)c1ccc(-c2scnc2C)cc1. The van der Waals surface area contributed by atoms with E-state index in [0.29, 0.717) is 53.8 Å². The number of benzene rings is 3. The highest BCUT2D eigenvalue weighted by molar-refractivity contribution is 7.13. The molecule has 2 aliphatic rings. The monoisotopic (exact) mass is 997 g/mol. The zero-order valence-electron chi connectivity index (χ0n) is 41.7. The number of ether oxygens (including phenoxy) is 3. The van der Waals surface area contributed by atoms with Gasteiger partial charge in [0.05, 0.1) is 45.4 Å². The van der Waals surface area contributed by atoms with Gasteiger partial charge in [-0.15, -0.1) is 11.3 Å². The minimum Gasteiger partial charge on any atom is -0.494 e. The highest BCUT2D eigenvalue weighted by Gasteiger charge is 2.64. The summed E-state index contributed by atoms with van der Waals surface area (Å²) in [7, 11) is 1.80. The van der Waals surface area contributed by atoms with Gasteiger partial charge < -0.3 is 45.5 Å². The number of halogens is 1. The third-order valence-corrected chi connectivity index (χ3v) is 14.6. The van der Waals surface area contributed by atoms with Gasteiger partial charge in [-0.2, -0.15) is 5.26 Å². The standard InChI is InChI=1S/C53H68ClN7O8S/c1-32-44(70-31-57-32)34-15-13-33(14-16-34)41(28-56-9)58-47(65)42-25-37(62)29-61(42)48(66)45(51(2,3)4)59-43(63)30-67-23-11-10-12-24-68-38-20-17-35(18-21-38)46(64)60-49-52(5,6)50(53(49,7)8)69-39-22-19-36(27-55)40(54)26-39/h13-22,26,31,37,41-42,45,49-50,56,62H,10-12,23-25,28-30H2,1-9H3,(H,58,65)(H,59,63)(H,60,64)/t37-,41-,42+,45?,49-,50-/m1/s1. The van der Waals surface area contributed by atoms with Crippen LogP contribution in [0.5, 0.6) is 11.5 Å². The Kier molecular flexibility index (Phi) is 17.8. The molecule has 17 heteroatoms. The molecule has 70 heavy (non-hydrogen) atoms. The maximum Gasteiger partial charge on any atom is 0.251 e. The van der Waals surface area contributed by atoms with Crippen molar-refractivity contribution in [2.75, 3.05) is 40.0 Å². The molecule has 4 amide bonds. The number of rotatable bonds is 21. The maximum absolute atomic E-state index is 14.2. The Morgan fingerprint density at radius 1 is 0.957 bits per heavy atom. The summed E-state index contributed by atoms with van der Waals surface area (Å²) in [5.74, 6) is -0.260. The molecule has 4 atom stereocenters. The normalized spacial score (nSPS) is 20.1. The van der Waals surface area contributed by atoms with E-state index in [0.717, 1.165) is 34.5 Å². The number of β-amino-alcohol motifs (C(OH)–C–C–N with tert-alkyl or cyclic N) is 1. The Balaban J connectivity index is 0.903. The van der Waals surface area contributed by atoms with Crippen LogP contribution in [0.15, 0.2) is 72.2 Å². The molecular weight excluding hydrogens is 930 g/mol. The van der Waals surface area contributed by atoms with Gasteiger partial charge in [0.25, 0.3) is 5.91 Å². The van der Waals surface area contributed by atoms with Crippen LogP contribution in [0, 0.1) is 34.5 Å². The summed E-state index contributed by atoms with van der Waals surface area (Å²) in [4.78, 5) is 61.4. The Morgan fingerprint density at radius 3 is 2.24 bits per heavy atom. The third kappa shape index (κ3) is 12.8. The summed E-state index contributed by atoms with van der Waals surface area (Å²) >= 11 is 7.81. The van der Waals surface area contributed by atoms with E-state index in [9.17, 15) is 29.5 Å². The topological polar surface area (TPSA) is 204 Å². The Bertz CT molecular complexity index is 2490. The molecule has 5 N–H and O–H groups in total. The number of aryl methyl sites for hydroxylation is 1. The summed E-state index contributed by atoms with van der Waals surface area (Å²) in [6.45, 7) is 16.7. The number of nitriles is 1. The average molecular weight is 999 g/mol. The van der Waals surface area contributed by atoms with Gasteiger partial charge in [-0.05, 0) is 86.2 Å². The molecule has 1 aromatic heterocycles. The van der Waals surface area contributed by atoms with Gasteiger partial charge in [0, 0.05) is 54.6 Å². The van der Waals surface area contributed by atoms with Crippen LogP contribution in [0.1, 0.15) is 107 Å². The predicted molar refractivity (Wildman–Crippen MR) is 271 cm³/mol. The fourth-order valence-corrected chi connectivity index (χ4v) is 10.9. The van der Waals surface area contributed by atoms with Gasteiger partial charge in [0.2, 0.25) is 17.7 Å². The molecule has 0 spiro atoms. The van der Waals surface area contributed by atoms with Gasteiger partial charge in [-0.1, -0.05) is 84.3 Å². The van der Waals surface area contributed by atoms with E-state index in [1.54, 1.807) is 60.8 Å². The lowest BCUT2D eigenvalue weighted by Crippen LogP contribution is -2.74. The van der Waals surface area contributed by atoms with Crippen LogP contribution in [-0.4, -0.2) is 109 Å². The first-order valence-corrected chi connectivity index (χ1v) is 25.1. The molecule has 376 valence electrons. The molecule has 1 unspecified atom stereocenters. The molecule has 0 bridgehead atoms. The summed E-state index contributed by atoms with van der Waals surface area (Å²) in [6, 6.07) is 19.6. The highest BCUT2D eigenvalue weighted by Crippen LogP contribution is 2.55. The second kappa shape index (κ2) is 23.1. The van der Waals surface area contributed by atoms with Crippen LogP contribution in [-0.2, 0) is 19.1 Å². The highest BCUT2D eigenvalue weighted by atomic mass is 35.5. The lowest BCUT2D eigenvalue weighted by atomic mass is 9.49. The quantitative estimate of drug-likeness (QED) is 0.0521. The zero-order chi connectivity index (χ0) is 51.0. The minimum absolute atomic E-state index is 0.0302. The number of carbonyl (C=O) groups excluding carboxylic acids is 4. The van der Waals surface area contributed by atoms with E-state index in [1.807, 2.05) is 57.5 Å². The van der Waals surface area contributed by atoms with Crippen molar-refractivity contribution in [1.29, 1.82) is 5.26 Å². The van der Waals surface area contributed by atoms with Crippen LogP contribution in [0.3, 0.4) is 0 Å². The molecule has 1 aliphatic carbocycles. The number of unbranched alkanes of at least 4 members (excludes halogenated alkanes) is 2. The molecule has 0 radical (unpaired) electrons. The number of carbonyl (C=O) groups is 4. The first-order valence-electron chi connectivity index (χ1n) is 23.9. The Morgan fingerprint density at radius 2 is 1.63 bits per heavy atom. The molecular formula is C53H68ClN7O8S. The molecule has 2 heterocycles. The van der Waals surface area contributed by atoms with Crippen LogP contribution in [0.25, 0.3) is 10.4 Å². The molecule has 15 nitrogen and oxygen atoms in total. The van der Waals surface area contributed by atoms with E-state index in [-0.39, 0.29) is 43.5 Å². The van der Waals surface area contributed by atoms with Crippen LogP contribution >= 0.6 is 22.9 Å². The van der Waals surface area contributed by atoms with Crippen LogP contribution in [0.2, 0.25) is 5.02 Å². The number of amides is 4. The summed E-state index contributed by atoms with van der Waals surface area (Å²) < 4.78 is 18.0. The minimum atomic E-state index is -0.974. The smallest absolute Gasteiger partial charge is 0.251 e. The first kappa shape index (κ1) is 53.8. The van der Waals surface area contributed by atoms with E-state index in [1.165, 1.54) is 4.90 Å².